The molecule has 2 N–H and O–H groups in total. The number of hydrogen-bond donors (Lipinski definition) is 2. The summed E-state index contributed by atoms with van der Waals surface area (Å²) in [6.45, 7) is 10.5. The Morgan fingerprint density at radius 3 is 2.55 bits per heavy atom. The van der Waals surface area contributed by atoms with Crippen molar-refractivity contribution in [3.8, 4) is 0 Å². The van der Waals surface area contributed by atoms with Crippen LogP contribution in [-0.2, 0) is 18.3 Å². The standard InChI is InChI=1S/C14H28N6O.HI/c1-7-15-13(16-8-11(21-6)14(2,3)4)17-9-12-18-10-19-20(12)5;/h10-11H,7-9H2,1-6H3,(H2,15,16,17);1H. The average Bonchev–Trinajstić information content (AvgIpc) is 2.80. The molecule has 0 aliphatic rings. The molecule has 8 heteroatoms. The summed E-state index contributed by atoms with van der Waals surface area (Å²) in [7, 11) is 3.60. The van der Waals surface area contributed by atoms with Crippen molar-refractivity contribution in [2.75, 3.05) is 20.2 Å². The van der Waals surface area contributed by atoms with Gasteiger partial charge in [-0.1, -0.05) is 20.8 Å². The van der Waals surface area contributed by atoms with E-state index in [2.05, 4.69) is 46.5 Å². The molecule has 1 heterocycles. The zero-order chi connectivity index (χ0) is 15.9. The monoisotopic (exact) mass is 424 g/mol. The summed E-state index contributed by atoms with van der Waals surface area (Å²) in [6, 6.07) is 0. The van der Waals surface area contributed by atoms with Crippen LogP contribution in [0.4, 0.5) is 0 Å². The van der Waals surface area contributed by atoms with Gasteiger partial charge in [-0.2, -0.15) is 5.10 Å². The van der Waals surface area contributed by atoms with Crippen LogP contribution >= 0.6 is 24.0 Å². The van der Waals surface area contributed by atoms with E-state index >= 15 is 0 Å². The van der Waals surface area contributed by atoms with Crippen molar-refractivity contribution in [2.45, 2.75) is 40.3 Å². The minimum absolute atomic E-state index is 0. The van der Waals surface area contributed by atoms with E-state index in [4.69, 9.17) is 4.74 Å². The van der Waals surface area contributed by atoms with Crippen LogP contribution in [0.3, 0.4) is 0 Å². The second kappa shape index (κ2) is 9.98. The summed E-state index contributed by atoms with van der Waals surface area (Å²) >= 11 is 0. The SMILES string of the molecule is CCNC(=NCc1ncnn1C)NCC(OC)C(C)(C)C.I. The van der Waals surface area contributed by atoms with Crippen LogP contribution in [0.5, 0.6) is 0 Å². The van der Waals surface area contributed by atoms with Gasteiger partial charge in [0.15, 0.2) is 5.96 Å². The van der Waals surface area contributed by atoms with Gasteiger partial charge < -0.3 is 15.4 Å². The van der Waals surface area contributed by atoms with Crippen molar-refractivity contribution in [2.24, 2.45) is 17.5 Å². The number of nitrogens with zero attached hydrogens (tertiary/aromatic N) is 4. The van der Waals surface area contributed by atoms with Gasteiger partial charge in [0.2, 0.25) is 0 Å². The Bertz CT molecular complexity index is 454. The van der Waals surface area contributed by atoms with Gasteiger partial charge in [-0.25, -0.2) is 9.98 Å². The Morgan fingerprint density at radius 2 is 2.09 bits per heavy atom. The summed E-state index contributed by atoms with van der Waals surface area (Å²) in [4.78, 5) is 8.68. The van der Waals surface area contributed by atoms with Gasteiger partial charge in [0.1, 0.15) is 18.7 Å². The van der Waals surface area contributed by atoms with Gasteiger partial charge in [-0.3, -0.25) is 4.68 Å². The lowest BCUT2D eigenvalue weighted by Crippen LogP contribution is -2.45. The van der Waals surface area contributed by atoms with Crippen molar-refractivity contribution >= 4 is 29.9 Å². The highest BCUT2D eigenvalue weighted by Gasteiger charge is 2.24. The second-order valence-electron chi connectivity index (χ2n) is 5.97. The third kappa shape index (κ3) is 6.91. The molecule has 1 aromatic rings. The normalized spacial score (nSPS) is 13.5. The molecular formula is C14H29IN6O. The Hall–Kier alpha value is -0.900. The van der Waals surface area contributed by atoms with E-state index in [1.165, 1.54) is 6.33 Å². The van der Waals surface area contributed by atoms with Crippen LogP contribution < -0.4 is 10.6 Å². The van der Waals surface area contributed by atoms with E-state index in [9.17, 15) is 0 Å². The first kappa shape index (κ1) is 21.1. The van der Waals surface area contributed by atoms with Gasteiger partial charge in [-0.05, 0) is 12.3 Å². The molecule has 0 radical (unpaired) electrons. The van der Waals surface area contributed by atoms with E-state index < -0.39 is 0 Å². The first-order valence-corrected chi connectivity index (χ1v) is 7.26. The minimum atomic E-state index is 0. The molecule has 0 spiro atoms. The maximum Gasteiger partial charge on any atom is 0.191 e. The number of aliphatic imine (C=N–C) groups is 1. The van der Waals surface area contributed by atoms with Crippen LogP contribution in [0.15, 0.2) is 11.3 Å². The van der Waals surface area contributed by atoms with Gasteiger partial charge in [0.05, 0.1) is 6.10 Å². The first-order valence-electron chi connectivity index (χ1n) is 7.26. The van der Waals surface area contributed by atoms with E-state index in [0.717, 1.165) is 18.3 Å². The largest absolute Gasteiger partial charge is 0.379 e. The molecule has 1 unspecified atom stereocenters. The lowest BCUT2D eigenvalue weighted by atomic mass is 9.89. The number of aryl methyl sites for hydroxylation is 1. The van der Waals surface area contributed by atoms with Gasteiger partial charge in [0.25, 0.3) is 0 Å². The fourth-order valence-electron chi connectivity index (χ4n) is 1.89. The molecule has 0 fully saturated rings. The highest BCUT2D eigenvalue weighted by molar-refractivity contribution is 14.0. The summed E-state index contributed by atoms with van der Waals surface area (Å²) in [6.07, 6.45) is 1.64. The molecule has 22 heavy (non-hydrogen) atoms. The predicted octanol–water partition coefficient (Wildman–Crippen LogP) is 1.55. The van der Waals surface area contributed by atoms with E-state index in [1.54, 1.807) is 11.8 Å². The number of ether oxygens (including phenoxy) is 1. The summed E-state index contributed by atoms with van der Waals surface area (Å²) < 4.78 is 7.26. The van der Waals surface area contributed by atoms with Crippen LogP contribution in [0.1, 0.15) is 33.5 Å². The van der Waals surface area contributed by atoms with Crippen molar-refractivity contribution in [1.82, 2.24) is 25.4 Å². The number of aromatic nitrogens is 3. The smallest absolute Gasteiger partial charge is 0.191 e. The molecule has 128 valence electrons. The van der Waals surface area contributed by atoms with E-state index in [1.807, 2.05) is 14.0 Å². The molecule has 0 amide bonds. The van der Waals surface area contributed by atoms with Crippen molar-refractivity contribution in [1.29, 1.82) is 0 Å². The molecule has 1 aromatic heterocycles. The van der Waals surface area contributed by atoms with Crippen LogP contribution in [0.25, 0.3) is 0 Å². The summed E-state index contributed by atoms with van der Waals surface area (Å²) in [5, 5.41) is 10.6. The molecule has 0 aliphatic heterocycles. The Labute approximate surface area is 150 Å². The fourth-order valence-corrected chi connectivity index (χ4v) is 1.89. The third-order valence-electron chi connectivity index (χ3n) is 3.23. The molecule has 0 saturated carbocycles. The molecule has 0 bridgehead atoms. The molecule has 1 atom stereocenters. The van der Waals surface area contributed by atoms with Crippen molar-refractivity contribution in [3.63, 3.8) is 0 Å². The maximum atomic E-state index is 5.54. The van der Waals surface area contributed by atoms with Crippen LogP contribution in [-0.4, -0.2) is 47.0 Å². The zero-order valence-corrected chi connectivity index (χ0v) is 16.7. The number of guanidine groups is 1. The molecule has 0 saturated heterocycles. The highest BCUT2D eigenvalue weighted by Crippen LogP contribution is 2.20. The molecule has 0 aliphatic carbocycles. The number of methoxy groups -OCH3 is 1. The quantitative estimate of drug-likeness (QED) is 0.412. The van der Waals surface area contributed by atoms with E-state index in [0.29, 0.717) is 13.1 Å². The average molecular weight is 424 g/mol. The predicted molar refractivity (Wildman–Crippen MR) is 99.5 cm³/mol. The Kier molecular flexibility index (Phi) is 9.58. The van der Waals surface area contributed by atoms with Crippen LogP contribution in [0.2, 0.25) is 0 Å². The second-order valence-corrected chi connectivity index (χ2v) is 5.97. The van der Waals surface area contributed by atoms with Gasteiger partial charge >= 0.3 is 0 Å². The fraction of sp³-hybridized carbons (Fsp3) is 0.786. The van der Waals surface area contributed by atoms with Crippen LogP contribution in [0, 0.1) is 5.41 Å². The maximum absolute atomic E-state index is 5.54. The molecule has 1 rings (SSSR count). The number of hydrogen-bond acceptors (Lipinski definition) is 4. The Balaban J connectivity index is 0.00000441. The van der Waals surface area contributed by atoms with Crippen molar-refractivity contribution in [3.05, 3.63) is 12.2 Å². The lowest BCUT2D eigenvalue weighted by molar-refractivity contribution is 0.0205. The summed E-state index contributed by atoms with van der Waals surface area (Å²) in [5.41, 5.74) is 0.0721. The topological polar surface area (TPSA) is 76.4 Å². The molecule has 7 nitrogen and oxygen atoms in total. The zero-order valence-electron chi connectivity index (χ0n) is 14.4. The summed E-state index contributed by atoms with van der Waals surface area (Å²) in [5.74, 6) is 1.58. The first-order chi connectivity index (χ1) is 9.88. The number of nitrogens with one attached hydrogen (secondary N) is 2. The van der Waals surface area contributed by atoms with E-state index in [-0.39, 0.29) is 35.5 Å². The molecule has 0 aromatic carbocycles. The lowest BCUT2D eigenvalue weighted by Gasteiger charge is -2.30. The number of halogens is 1. The highest BCUT2D eigenvalue weighted by atomic mass is 127. The number of rotatable bonds is 6. The minimum Gasteiger partial charge on any atom is -0.379 e. The van der Waals surface area contributed by atoms with Gasteiger partial charge in [-0.15, -0.1) is 24.0 Å². The van der Waals surface area contributed by atoms with Crippen molar-refractivity contribution < 1.29 is 4.74 Å². The third-order valence-corrected chi connectivity index (χ3v) is 3.23. The van der Waals surface area contributed by atoms with Gasteiger partial charge in [0, 0.05) is 27.2 Å². The Morgan fingerprint density at radius 1 is 1.41 bits per heavy atom. The molecular weight excluding hydrogens is 395 g/mol.